The predicted octanol–water partition coefficient (Wildman–Crippen LogP) is 1.86. The van der Waals surface area contributed by atoms with E-state index < -0.39 is 5.91 Å². The number of anilines is 2. The van der Waals surface area contributed by atoms with Crippen molar-refractivity contribution in [3.63, 3.8) is 0 Å². The van der Waals surface area contributed by atoms with Gasteiger partial charge in [-0.25, -0.2) is 4.68 Å². The van der Waals surface area contributed by atoms with Crippen LogP contribution in [-0.4, -0.2) is 59.9 Å². The smallest absolute Gasteiger partial charge is 0.277 e. The summed E-state index contributed by atoms with van der Waals surface area (Å²) in [5.41, 5.74) is 9.77. The molecule has 1 atom stereocenters. The van der Waals surface area contributed by atoms with Gasteiger partial charge in [0.2, 0.25) is 0 Å². The fourth-order valence-corrected chi connectivity index (χ4v) is 5.06. The molecule has 2 N–H and O–H groups in total. The van der Waals surface area contributed by atoms with Crippen LogP contribution in [0.25, 0.3) is 5.69 Å². The lowest BCUT2D eigenvalue weighted by Crippen LogP contribution is -2.45. The van der Waals surface area contributed by atoms with Gasteiger partial charge in [-0.05, 0) is 61.4 Å². The van der Waals surface area contributed by atoms with Gasteiger partial charge in [-0.1, -0.05) is 0 Å². The number of rotatable bonds is 4. The van der Waals surface area contributed by atoms with Crippen molar-refractivity contribution in [2.75, 3.05) is 36.1 Å². The summed E-state index contributed by atoms with van der Waals surface area (Å²) in [6, 6.07) is 12.9. The molecule has 0 radical (unpaired) electrons. The quantitative estimate of drug-likeness (QED) is 0.600. The molecule has 6 rings (SSSR count). The molecular formula is C26H25N5O5. The predicted molar refractivity (Wildman–Crippen MR) is 131 cm³/mol. The third-order valence-electron chi connectivity index (χ3n) is 6.87. The van der Waals surface area contributed by atoms with Crippen LogP contribution in [0.4, 0.5) is 11.4 Å². The molecule has 0 spiro atoms. The Labute approximate surface area is 207 Å². The van der Waals surface area contributed by atoms with Crippen molar-refractivity contribution >= 4 is 29.1 Å². The van der Waals surface area contributed by atoms with Crippen LogP contribution in [0, 0.1) is 0 Å². The summed E-state index contributed by atoms with van der Waals surface area (Å²) in [6.45, 7) is 3.45. The molecule has 3 aliphatic heterocycles. The van der Waals surface area contributed by atoms with Crippen molar-refractivity contribution in [3.05, 3.63) is 65.0 Å². The van der Waals surface area contributed by atoms with Crippen molar-refractivity contribution < 1.29 is 23.9 Å². The molecule has 184 valence electrons. The summed E-state index contributed by atoms with van der Waals surface area (Å²) in [5, 5.41) is 4.45. The average molecular weight is 488 g/mol. The van der Waals surface area contributed by atoms with E-state index in [1.165, 1.54) is 4.68 Å². The van der Waals surface area contributed by atoms with Gasteiger partial charge in [0.05, 0.1) is 24.9 Å². The lowest BCUT2D eigenvalue weighted by molar-refractivity contribution is -0.128. The number of hydrogen-bond donors (Lipinski definition) is 1. The SMILES string of the molecule is C[C@@H]1CN(c2ccc(N3CCc4c(C(N)=O)nn(-c5ccc6c(c5)CCO6)c4C3=O)cc2)C(=O)CO1. The molecule has 3 aromatic rings. The Morgan fingerprint density at radius 3 is 2.50 bits per heavy atom. The normalized spacial score (nSPS) is 19.2. The minimum absolute atomic E-state index is 0.0463. The number of morpholine rings is 1. The second-order valence-corrected chi connectivity index (χ2v) is 9.19. The van der Waals surface area contributed by atoms with Gasteiger partial charge >= 0.3 is 0 Å². The maximum absolute atomic E-state index is 13.8. The fourth-order valence-electron chi connectivity index (χ4n) is 5.06. The Hall–Kier alpha value is -4.18. The Morgan fingerprint density at radius 1 is 1.03 bits per heavy atom. The van der Waals surface area contributed by atoms with E-state index in [-0.39, 0.29) is 30.2 Å². The van der Waals surface area contributed by atoms with Crippen molar-refractivity contribution in [3.8, 4) is 11.4 Å². The number of nitrogens with zero attached hydrogens (tertiary/aromatic N) is 4. The van der Waals surface area contributed by atoms with Gasteiger partial charge < -0.3 is 25.0 Å². The number of aromatic nitrogens is 2. The number of fused-ring (bicyclic) bond motifs is 2. The molecule has 2 aromatic carbocycles. The fraction of sp³-hybridized carbons (Fsp3) is 0.308. The van der Waals surface area contributed by atoms with Crippen molar-refractivity contribution in [1.82, 2.24) is 9.78 Å². The van der Waals surface area contributed by atoms with Gasteiger partial charge in [-0.3, -0.25) is 14.4 Å². The number of nitrogens with two attached hydrogens (primary N) is 1. The van der Waals surface area contributed by atoms with E-state index >= 15 is 0 Å². The number of hydrogen-bond acceptors (Lipinski definition) is 6. The molecule has 10 heteroatoms. The summed E-state index contributed by atoms with van der Waals surface area (Å²) in [6.07, 6.45) is 1.16. The van der Waals surface area contributed by atoms with Crippen molar-refractivity contribution in [2.24, 2.45) is 5.73 Å². The van der Waals surface area contributed by atoms with Crippen molar-refractivity contribution in [2.45, 2.75) is 25.9 Å². The highest BCUT2D eigenvalue weighted by Gasteiger charge is 2.35. The number of primary amides is 1. The monoisotopic (exact) mass is 487 g/mol. The summed E-state index contributed by atoms with van der Waals surface area (Å²) in [7, 11) is 0. The minimum atomic E-state index is -0.662. The number of carbonyl (C=O) groups excluding carboxylic acids is 3. The molecular weight excluding hydrogens is 462 g/mol. The molecule has 3 aliphatic rings. The molecule has 4 heterocycles. The summed E-state index contributed by atoms with van der Waals surface area (Å²) in [5.74, 6) is -0.209. The first-order valence-electron chi connectivity index (χ1n) is 11.9. The number of amides is 3. The first kappa shape index (κ1) is 22.3. The highest BCUT2D eigenvalue weighted by molar-refractivity contribution is 6.09. The number of carbonyl (C=O) groups is 3. The average Bonchev–Trinajstić information content (AvgIpc) is 3.51. The lowest BCUT2D eigenvalue weighted by atomic mass is 10.0. The second-order valence-electron chi connectivity index (χ2n) is 9.19. The Balaban J connectivity index is 1.35. The molecule has 3 amide bonds. The molecule has 36 heavy (non-hydrogen) atoms. The third kappa shape index (κ3) is 3.61. The maximum atomic E-state index is 13.8. The van der Waals surface area contributed by atoms with Crippen LogP contribution >= 0.6 is 0 Å². The van der Waals surface area contributed by atoms with Crippen LogP contribution in [0.2, 0.25) is 0 Å². The zero-order chi connectivity index (χ0) is 25.0. The third-order valence-corrected chi connectivity index (χ3v) is 6.87. The van der Waals surface area contributed by atoms with Crippen LogP contribution in [0.1, 0.15) is 39.0 Å². The Bertz CT molecular complexity index is 1400. The van der Waals surface area contributed by atoms with Crippen molar-refractivity contribution in [1.29, 1.82) is 0 Å². The molecule has 10 nitrogen and oxygen atoms in total. The lowest BCUT2D eigenvalue weighted by Gasteiger charge is -2.32. The summed E-state index contributed by atoms with van der Waals surface area (Å²) in [4.78, 5) is 41.6. The molecule has 0 aliphatic carbocycles. The second kappa shape index (κ2) is 8.49. The van der Waals surface area contributed by atoms with E-state index in [0.29, 0.717) is 48.7 Å². The highest BCUT2D eigenvalue weighted by Crippen LogP contribution is 2.32. The Morgan fingerprint density at radius 2 is 1.75 bits per heavy atom. The summed E-state index contributed by atoms with van der Waals surface area (Å²) >= 11 is 0. The summed E-state index contributed by atoms with van der Waals surface area (Å²) < 4.78 is 12.5. The van der Waals surface area contributed by atoms with Crippen LogP contribution in [0.5, 0.6) is 5.75 Å². The van der Waals surface area contributed by atoms with Crippen LogP contribution < -0.4 is 20.3 Å². The van der Waals surface area contributed by atoms with E-state index in [0.717, 1.165) is 23.4 Å². The van der Waals surface area contributed by atoms with Gasteiger partial charge in [0.25, 0.3) is 17.7 Å². The highest BCUT2D eigenvalue weighted by atomic mass is 16.5. The first-order valence-corrected chi connectivity index (χ1v) is 11.9. The largest absolute Gasteiger partial charge is 0.493 e. The van der Waals surface area contributed by atoms with E-state index in [1.807, 2.05) is 49.4 Å². The maximum Gasteiger partial charge on any atom is 0.277 e. The molecule has 0 bridgehead atoms. The van der Waals surface area contributed by atoms with Gasteiger partial charge in [0.1, 0.15) is 18.1 Å². The number of ether oxygens (including phenoxy) is 2. The zero-order valence-corrected chi connectivity index (χ0v) is 19.8. The van der Waals surface area contributed by atoms with Gasteiger partial charge in [-0.2, -0.15) is 5.10 Å². The zero-order valence-electron chi connectivity index (χ0n) is 19.8. The topological polar surface area (TPSA) is 120 Å². The van der Waals surface area contributed by atoms with E-state index in [4.69, 9.17) is 15.2 Å². The van der Waals surface area contributed by atoms with Gasteiger partial charge in [0, 0.05) is 29.9 Å². The van der Waals surface area contributed by atoms with E-state index in [2.05, 4.69) is 5.10 Å². The Kier molecular flexibility index (Phi) is 5.26. The minimum Gasteiger partial charge on any atom is -0.493 e. The molecule has 1 aromatic heterocycles. The molecule has 1 fully saturated rings. The van der Waals surface area contributed by atoms with Crippen LogP contribution in [0.3, 0.4) is 0 Å². The molecule has 0 unspecified atom stereocenters. The first-order chi connectivity index (χ1) is 17.4. The van der Waals surface area contributed by atoms with Gasteiger partial charge in [0.15, 0.2) is 5.69 Å². The molecule has 0 saturated carbocycles. The molecule has 1 saturated heterocycles. The van der Waals surface area contributed by atoms with Gasteiger partial charge in [-0.15, -0.1) is 0 Å². The van der Waals surface area contributed by atoms with E-state index in [9.17, 15) is 14.4 Å². The van der Waals surface area contributed by atoms with Crippen LogP contribution in [-0.2, 0) is 22.4 Å². The number of benzene rings is 2. The van der Waals surface area contributed by atoms with Crippen LogP contribution in [0.15, 0.2) is 42.5 Å². The van der Waals surface area contributed by atoms with E-state index in [1.54, 1.807) is 9.80 Å². The standard InChI is InChI=1S/C26H25N5O5/c1-15-13-30(22(32)14-36-15)18-4-2-17(3-5-18)29-10-8-20-23(25(27)33)28-31(24(20)26(29)34)19-6-7-21-16(12-19)9-11-35-21/h2-7,12,15H,8-11,13-14H2,1H3,(H2,27,33)/t15-/m1/s1.